The van der Waals surface area contributed by atoms with Crippen LogP contribution in [-0.2, 0) is 6.54 Å². The van der Waals surface area contributed by atoms with Crippen molar-refractivity contribution < 1.29 is 4.74 Å². The van der Waals surface area contributed by atoms with Crippen LogP contribution in [0.4, 0.5) is 5.82 Å². The molecule has 96 valence electrons. The molecular weight excluding hydrogens is 228 g/mol. The van der Waals surface area contributed by atoms with Crippen LogP contribution in [0.1, 0.15) is 5.56 Å². The smallest absolute Gasteiger partial charge is 0.126 e. The maximum absolute atomic E-state index is 5.85. The van der Waals surface area contributed by atoms with Crippen molar-refractivity contribution >= 4 is 5.82 Å². The van der Waals surface area contributed by atoms with E-state index in [0.717, 1.165) is 23.4 Å². The second-order valence-corrected chi connectivity index (χ2v) is 4.50. The molecule has 1 heterocycles. The SMILES string of the molecule is COc1cc(CN(C)C)cc(-c2cn[nH]c2N)c1. The summed E-state index contributed by atoms with van der Waals surface area (Å²) in [6, 6.07) is 6.09. The van der Waals surface area contributed by atoms with Crippen molar-refractivity contribution in [1.82, 2.24) is 15.1 Å². The molecule has 0 fully saturated rings. The molecule has 5 heteroatoms. The first kappa shape index (κ1) is 12.4. The predicted octanol–water partition coefficient (Wildman–Crippen LogP) is 1.73. The number of rotatable bonds is 4. The van der Waals surface area contributed by atoms with Crippen LogP contribution in [0, 0.1) is 0 Å². The van der Waals surface area contributed by atoms with Crippen molar-refractivity contribution in [2.45, 2.75) is 6.54 Å². The first-order valence-corrected chi connectivity index (χ1v) is 5.72. The Labute approximate surface area is 107 Å². The fourth-order valence-corrected chi connectivity index (χ4v) is 1.92. The zero-order valence-electron chi connectivity index (χ0n) is 10.9. The lowest BCUT2D eigenvalue weighted by Crippen LogP contribution is -2.10. The van der Waals surface area contributed by atoms with Gasteiger partial charge in [0.1, 0.15) is 11.6 Å². The van der Waals surface area contributed by atoms with Crippen molar-refractivity contribution in [3.63, 3.8) is 0 Å². The van der Waals surface area contributed by atoms with Gasteiger partial charge in [-0.15, -0.1) is 0 Å². The Bertz CT molecular complexity index is 534. The lowest BCUT2D eigenvalue weighted by molar-refractivity contribution is 0.395. The van der Waals surface area contributed by atoms with Gasteiger partial charge in [-0.05, 0) is 43.4 Å². The number of aromatic nitrogens is 2. The molecule has 0 spiro atoms. The van der Waals surface area contributed by atoms with Gasteiger partial charge in [-0.25, -0.2) is 0 Å². The van der Waals surface area contributed by atoms with E-state index in [4.69, 9.17) is 10.5 Å². The van der Waals surface area contributed by atoms with Gasteiger partial charge < -0.3 is 15.4 Å². The van der Waals surface area contributed by atoms with E-state index in [0.29, 0.717) is 5.82 Å². The third-order valence-electron chi connectivity index (χ3n) is 2.68. The predicted molar refractivity (Wildman–Crippen MR) is 72.4 cm³/mol. The maximum Gasteiger partial charge on any atom is 0.126 e. The molecule has 2 rings (SSSR count). The second kappa shape index (κ2) is 5.10. The van der Waals surface area contributed by atoms with Gasteiger partial charge in [0, 0.05) is 12.1 Å². The standard InChI is InChI=1S/C13H18N4O/c1-17(2)8-9-4-10(6-11(5-9)18-3)12-7-15-16-13(12)14/h4-7H,8H2,1-3H3,(H3,14,15,16). The molecule has 0 aliphatic carbocycles. The number of aromatic amines is 1. The molecule has 0 radical (unpaired) electrons. The molecule has 18 heavy (non-hydrogen) atoms. The first-order chi connectivity index (χ1) is 8.60. The summed E-state index contributed by atoms with van der Waals surface area (Å²) in [7, 11) is 5.73. The van der Waals surface area contributed by atoms with Crippen molar-refractivity contribution in [3.05, 3.63) is 30.0 Å². The molecule has 0 unspecified atom stereocenters. The number of benzene rings is 1. The van der Waals surface area contributed by atoms with Gasteiger partial charge in [0.05, 0.1) is 13.3 Å². The van der Waals surface area contributed by atoms with Crippen LogP contribution in [0.5, 0.6) is 5.75 Å². The van der Waals surface area contributed by atoms with Crippen LogP contribution in [0.2, 0.25) is 0 Å². The molecule has 3 N–H and O–H groups in total. The van der Waals surface area contributed by atoms with Crippen molar-refractivity contribution in [2.75, 3.05) is 26.9 Å². The number of ether oxygens (including phenoxy) is 1. The number of methoxy groups -OCH3 is 1. The first-order valence-electron chi connectivity index (χ1n) is 5.72. The fraction of sp³-hybridized carbons (Fsp3) is 0.308. The van der Waals surface area contributed by atoms with Crippen molar-refractivity contribution in [2.24, 2.45) is 0 Å². The molecule has 0 aliphatic rings. The minimum atomic E-state index is 0.569. The molecule has 0 bridgehead atoms. The van der Waals surface area contributed by atoms with Gasteiger partial charge in [0.15, 0.2) is 0 Å². The van der Waals surface area contributed by atoms with Crippen LogP contribution in [-0.4, -0.2) is 36.3 Å². The number of H-pyrrole nitrogens is 1. The highest BCUT2D eigenvalue weighted by Gasteiger charge is 2.08. The van der Waals surface area contributed by atoms with Gasteiger partial charge >= 0.3 is 0 Å². The quantitative estimate of drug-likeness (QED) is 0.862. The van der Waals surface area contributed by atoms with Crippen molar-refractivity contribution in [1.29, 1.82) is 0 Å². The molecule has 0 saturated carbocycles. The summed E-state index contributed by atoms with van der Waals surface area (Å²) < 4.78 is 5.33. The van der Waals surface area contributed by atoms with Gasteiger partial charge in [-0.1, -0.05) is 0 Å². The van der Waals surface area contributed by atoms with E-state index in [2.05, 4.69) is 21.2 Å². The van der Waals surface area contributed by atoms with E-state index in [1.54, 1.807) is 13.3 Å². The van der Waals surface area contributed by atoms with E-state index in [9.17, 15) is 0 Å². The number of anilines is 1. The van der Waals surface area contributed by atoms with E-state index < -0.39 is 0 Å². The number of nitrogen functional groups attached to an aromatic ring is 1. The Kier molecular flexibility index (Phi) is 3.53. The highest BCUT2D eigenvalue weighted by atomic mass is 16.5. The Hall–Kier alpha value is -2.01. The van der Waals surface area contributed by atoms with E-state index >= 15 is 0 Å². The minimum Gasteiger partial charge on any atom is -0.497 e. The largest absolute Gasteiger partial charge is 0.497 e. The zero-order chi connectivity index (χ0) is 13.1. The highest BCUT2D eigenvalue weighted by molar-refractivity contribution is 5.74. The summed E-state index contributed by atoms with van der Waals surface area (Å²) in [5.41, 5.74) is 8.93. The number of hydrogen-bond donors (Lipinski definition) is 2. The highest BCUT2D eigenvalue weighted by Crippen LogP contribution is 2.29. The summed E-state index contributed by atoms with van der Waals surface area (Å²) in [4.78, 5) is 2.11. The van der Waals surface area contributed by atoms with Gasteiger partial charge in [-0.3, -0.25) is 5.10 Å². The second-order valence-electron chi connectivity index (χ2n) is 4.50. The molecule has 0 aliphatic heterocycles. The summed E-state index contributed by atoms with van der Waals surface area (Å²) in [5.74, 6) is 1.39. The van der Waals surface area contributed by atoms with Gasteiger partial charge in [0.2, 0.25) is 0 Å². The molecule has 0 atom stereocenters. The Morgan fingerprint density at radius 2 is 2.11 bits per heavy atom. The zero-order valence-corrected chi connectivity index (χ0v) is 10.9. The Morgan fingerprint density at radius 1 is 1.33 bits per heavy atom. The van der Waals surface area contributed by atoms with Crippen LogP contribution in [0.15, 0.2) is 24.4 Å². The summed E-state index contributed by atoms with van der Waals surface area (Å²) in [5, 5.41) is 6.68. The maximum atomic E-state index is 5.85. The lowest BCUT2D eigenvalue weighted by atomic mass is 10.0. The van der Waals surface area contributed by atoms with Crippen LogP contribution in [0.25, 0.3) is 11.1 Å². The Morgan fingerprint density at radius 3 is 2.67 bits per heavy atom. The molecule has 2 aromatic rings. The Balaban J connectivity index is 2.44. The lowest BCUT2D eigenvalue weighted by Gasteiger charge is -2.12. The molecule has 1 aromatic heterocycles. The summed E-state index contributed by atoms with van der Waals surface area (Å²) in [6.45, 7) is 0.849. The number of nitrogens with zero attached hydrogens (tertiary/aromatic N) is 2. The molecule has 5 nitrogen and oxygen atoms in total. The average molecular weight is 246 g/mol. The van der Waals surface area contributed by atoms with Crippen LogP contribution in [0.3, 0.4) is 0 Å². The molecule has 0 amide bonds. The van der Waals surface area contributed by atoms with Gasteiger partial charge in [-0.2, -0.15) is 5.10 Å². The van der Waals surface area contributed by atoms with Crippen LogP contribution >= 0.6 is 0 Å². The average Bonchev–Trinajstić information content (AvgIpc) is 2.74. The number of hydrogen-bond acceptors (Lipinski definition) is 4. The minimum absolute atomic E-state index is 0.569. The summed E-state index contributed by atoms with van der Waals surface area (Å²) in [6.07, 6.45) is 1.73. The third-order valence-corrected chi connectivity index (χ3v) is 2.68. The van der Waals surface area contributed by atoms with E-state index in [-0.39, 0.29) is 0 Å². The monoisotopic (exact) mass is 246 g/mol. The van der Waals surface area contributed by atoms with Gasteiger partial charge in [0.25, 0.3) is 0 Å². The third kappa shape index (κ3) is 2.62. The fourth-order valence-electron chi connectivity index (χ4n) is 1.92. The van der Waals surface area contributed by atoms with E-state index in [1.807, 2.05) is 26.2 Å². The number of nitrogens with one attached hydrogen (secondary N) is 1. The normalized spacial score (nSPS) is 10.9. The van der Waals surface area contributed by atoms with E-state index in [1.165, 1.54) is 5.56 Å². The molecular formula is C13H18N4O. The molecule has 1 aromatic carbocycles. The topological polar surface area (TPSA) is 67.2 Å². The molecule has 0 saturated heterocycles. The van der Waals surface area contributed by atoms with Crippen molar-refractivity contribution in [3.8, 4) is 16.9 Å². The summed E-state index contributed by atoms with van der Waals surface area (Å²) >= 11 is 0. The number of nitrogens with two attached hydrogens (primary N) is 1. The van der Waals surface area contributed by atoms with Crippen LogP contribution < -0.4 is 10.5 Å².